The second-order valence-electron chi connectivity index (χ2n) is 7.68. The molecule has 0 saturated carbocycles. The zero-order chi connectivity index (χ0) is 16.4. The molecule has 1 amide bonds. The molecule has 3 fully saturated rings. The van der Waals surface area contributed by atoms with Crippen molar-refractivity contribution in [2.45, 2.75) is 50.2 Å². The van der Waals surface area contributed by atoms with Crippen molar-refractivity contribution in [1.82, 2.24) is 9.80 Å². The molecule has 1 atom stereocenters. The fourth-order valence-corrected chi connectivity index (χ4v) is 4.45. The van der Waals surface area contributed by atoms with E-state index in [-0.39, 0.29) is 5.60 Å². The zero-order valence-corrected chi connectivity index (χ0v) is 14.5. The molecule has 0 radical (unpaired) electrons. The molecule has 3 heterocycles. The first-order chi connectivity index (χ1) is 11.7. The first-order valence-corrected chi connectivity index (χ1v) is 9.44. The summed E-state index contributed by atoms with van der Waals surface area (Å²) >= 11 is 0. The number of rotatable bonds is 5. The van der Waals surface area contributed by atoms with Crippen LogP contribution in [-0.4, -0.2) is 60.1 Å². The van der Waals surface area contributed by atoms with Gasteiger partial charge in [0.25, 0.3) is 0 Å². The van der Waals surface area contributed by atoms with Gasteiger partial charge in [-0.1, -0.05) is 30.3 Å². The number of carbonyl (C=O) groups is 1. The highest BCUT2D eigenvalue weighted by molar-refractivity contribution is 5.77. The summed E-state index contributed by atoms with van der Waals surface area (Å²) < 4.78 is 6.12. The van der Waals surface area contributed by atoms with Gasteiger partial charge in [0.2, 0.25) is 5.91 Å². The maximum absolute atomic E-state index is 12.4. The minimum Gasteiger partial charge on any atom is -0.370 e. The molecular weight excluding hydrogens is 300 g/mol. The Morgan fingerprint density at radius 1 is 1.17 bits per heavy atom. The van der Waals surface area contributed by atoms with E-state index in [9.17, 15) is 4.79 Å². The van der Waals surface area contributed by atoms with Gasteiger partial charge in [-0.15, -0.1) is 0 Å². The topological polar surface area (TPSA) is 32.8 Å². The maximum atomic E-state index is 12.4. The fraction of sp³-hybridized carbons (Fsp3) is 0.650. The van der Waals surface area contributed by atoms with Crippen molar-refractivity contribution in [3.05, 3.63) is 35.9 Å². The standard InChI is InChI=1S/C20H28N2O2/c23-19(10-6-9-17-7-2-1-3-8-17)22-15-20(16-22)13-18(14-24-20)21-11-4-5-12-21/h1-3,7-8,18H,4-6,9-16H2. The Morgan fingerprint density at radius 3 is 2.67 bits per heavy atom. The van der Waals surface area contributed by atoms with Gasteiger partial charge in [0.1, 0.15) is 5.60 Å². The number of benzene rings is 1. The lowest BCUT2D eigenvalue weighted by Gasteiger charge is -2.47. The van der Waals surface area contributed by atoms with Gasteiger partial charge in [-0.3, -0.25) is 9.69 Å². The summed E-state index contributed by atoms with van der Waals surface area (Å²) in [5, 5.41) is 0. The van der Waals surface area contributed by atoms with Crippen LogP contribution in [0, 0.1) is 0 Å². The number of carbonyl (C=O) groups excluding carboxylic acids is 1. The third-order valence-corrected chi connectivity index (χ3v) is 5.86. The van der Waals surface area contributed by atoms with Crippen LogP contribution in [0.5, 0.6) is 0 Å². The molecule has 3 aliphatic heterocycles. The molecule has 24 heavy (non-hydrogen) atoms. The van der Waals surface area contributed by atoms with Gasteiger partial charge in [-0.2, -0.15) is 0 Å². The van der Waals surface area contributed by atoms with Crippen LogP contribution >= 0.6 is 0 Å². The molecule has 1 aromatic carbocycles. The summed E-state index contributed by atoms with van der Waals surface area (Å²) in [7, 11) is 0. The lowest BCUT2D eigenvalue weighted by molar-refractivity contribution is -0.157. The highest BCUT2D eigenvalue weighted by atomic mass is 16.5. The van der Waals surface area contributed by atoms with E-state index >= 15 is 0 Å². The van der Waals surface area contributed by atoms with Crippen molar-refractivity contribution in [3.8, 4) is 0 Å². The molecule has 0 aliphatic carbocycles. The van der Waals surface area contributed by atoms with Crippen LogP contribution in [0.15, 0.2) is 30.3 Å². The number of likely N-dealkylation sites (tertiary alicyclic amines) is 2. The average molecular weight is 328 g/mol. The SMILES string of the molecule is O=C(CCCc1ccccc1)N1CC2(CC(N3CCCC3)CO2)C1. The highest BCUT2D eigenvalue weighted by Gasteiger charge is 2.52. The molecule has 4 rings (SSSR count). The maximum Gasteiger partial charge on any atom is 0.222 e. The summed E-state index contributed by atoms with van der Waals surface area (Å²) in [6.45, 7) is 4.93. The van der Waals surface area contributed by atoms with Gasteiger partial charge in [0.15, 0.2) is 0 Å². The van der Waals surface area contributed by atoms with Crippen LogP contribution in [0.2, 0.25) is 0 Å². The lowest BCUT2D eigenvalue weighted by Crippen LogP contribution is -2.63. The van der Waals surface area contributed by atoms with Crippen LogP contribution in [0.3, 0.4) is 0 Å². The van der Waals surface area contributed by atoms with Gasteiger partial charge >= 0.3 is 0 Å². The molecule has 3 saturated heterocycles. The van der Waals surface area contributed by atoms with Crippen molar-refractivity contribution >= 4 is 5.91 Å². The summed E-state index contributed by atoms with van der Waals surface area (Å²) in [6, 6.07) is 11.0. The Morgan fingerprint density at radius 2 is 1.92 bits per heavy atom. The van der Waals surface area contributed by atoms with Crippen LogP contribution in [-0.2, 0) is 16.0 Å². The predicted molar refractivity (Wildman–Crippen MR) is 93.9 cm³/mol. The predicted octanol–water partition coefficient (Wildman–Crippen LogP) is 2.48. The number of hydrogen-bond acceptors (Lipinski definition) is 3. The largest absolute Gasteiger partial charge is 0.370 e. The third kappa shape index (κ3) is 3.35. The molecule has 4 heteroatoms. The van der Waals surface area contributed by atoms with Crippen molar-refractivity contribution in [2.75, 3.05) is 32.8 Å². The molecule has 0 bridgehead atoms. The molecule has 1 unspecified atom stereocenters. The van der Waals surface area contributed by atoms with E-state index in [2.05, 4.69) is 29.2 Å². The lowest BCUT2D eigenvalue weighted by atomic mass is 9.88. The van der Waals surface area contributed by atoms with Crippen molar-refractivity contribution in [2.24, 2.45) is 0 Å². The van der Waals surface area contributed by atoms with E-state index in [4.69, 9.17) is 4.74 Å². The highest BCUT2D eigenvalue weighted by Crippen LogP contribution is 2.38. The van der Waals surface area contributed by atoms with Gasteiger partial charge < -0.3 is 9.64 Å². The molecular formula is C20H28N2O2. The minimum absolute atomic E-state index is 0.0254. The summed E-state index contributed by atoms with van der Waals surface area (Å²) in [5.41, 5.74) is 1.29. The van der Waals surface area contributed by atoms with Crippen molar-refractivity contribution in [1.29, 1.82) is 0 Å². The Balaban J connectivity index is 1.19. The molecule has 1 spiro atoms. The van der Waals surface area contributed by atoms with Crippen LogP contribution in [0.25, 0.3) is 0 Å². The molecule has 0 aromatic heterocycles. The van der Waals surface area contributed by atoms with Gasteiger partial charge in [-0.25, -0.2) is 0 Å². The van der Waals surface area contributed by atoms with Crippen molar-refractivity contribution in [3.63, 3.8) is 0 Å². The zero-order valence-electron chi connectivity index (χ0n) is 14.5. The monoisotopic (exact) mass is 328 g/mol. The van der Waals surface area contributed by atoms with E-state index in [0.717, 1.165) is 39.0 Å². The molecule has 1 aromatic rings. The molecule has 4 nitrogen and oxygen atoms in total. The number of nitrogens with zero attached hydrogens (tertiary/aromatic N) is 2. The minimum atomic E-state index is -0.0254. The Hall–Kier alpha value is -1.39. The van der Waals surface area contributed by atoms with E-state index < -0.39 is 0 Å². The summed E-state index contributed by atoms with van der Waals surface area (Å²) in [4.78, 5) is 16.9. The molecule has 3 aliphatic rings. The average Bonchev–Trinajstić information content (AvgIpc) is 3.24. The second-order valence-corrected chi connectivity index (χ2v) is 7.68. The molecule has 0 N–H and O–H groups in total. The Bertz CT molecular complexity index is 562. The third-order valence-electron chi connectivity index (χ3n) is 5.86. The Labute approximate surface area is 144 Å². The normalized spacial score (nSPS) is 26.0. The quantitative estimate of drug-likeness (QED) is 0.832. The fourth-order valence-electron chi connectivity index (χ4n) is 4.45. The van der Waals surface area contributed by atoms with E-state index in [1.54, 1.807) is 0 Å². The smallest absolute Gasteiger partial charge is 0.222 e. The van der Waals surface area contributed by atoms with Crippen LogP contribution in [0.1, 0.15) is 37.7 Å². The number of hydrogen-bond donors (Lipinski definition) is 0. The van der Waals surface area contributed by atoms with Crippen LogP contribution < -0.4 is 0 Å². The van der Waals surface area contributed by atoms with E-state index in [1.165, 1.54) is 31.5 Å². The number of amides is 1. The van der Waals surface area contributed by atoms with E-state index in [0.29, 0.717) is 18.4 Å². The Kier molecular flexibility index (Phi) is 4.59. The van der Waals surface area contributed by atoms with Gasteiger partial charge in [0.05, 0.1) is 19.7 Å². The molecule has 130 valence electrons. The van der Waals surface area contributed by atoms with Crippen LogP contribution in [0.4, 0.5) is 0 Å². The van der Waals surface area contributed by atoms with Gasteiger partial charge in [0, 0.05) is 12.5 Å². The number of ether oxygens (including phenoxy) is 1. The van der Waals surface area contributed by atoms with Gasteiger partial charge in [-0.05, 0) is 50.8 Å². The van der Waals surface area contributed by atoms with Crippen molar-refractivity contribution < 1.29 is 9.53 Å². The first-order valence-electron chi connectivity index (χ1n) is 9.44. The summed E-state index contributed by atoms with van der Waals surface area (Å²) in [6.07, 6.45) is 6.34. The van der Waals surface area contributed by atoms with E-state index in [1.807, 2.05) is 11.0 Å². The number of aryl methyl sites for hydroxylation is 1. The first kappa shape index (κ1) is 16.1. The second kappa shape index (κ2) is 6.85. The summed E-state index contributed by atoms with van der Waals surface area (Å²) in [5.74, 6) is 0.296.